The highest BCUT2D eigenvalue weighted by atomic mass is 32.2. The molecule has 0 aromatic rings. The van der Waals surface area contributed by atoms with E-state index in [0.717, 1.165) is 19.6 Å². The van der Waals surface area contributed by atoms with Crippen LogP contribution >= 0.6 is 0 Å². The van der Waals surface area contributed by atoms with Crippen LogP contribution in [0.15, 0.2) is 0 Å². The third kappa shape index (κ3) is 6.71. The maximum absolute atomic E-state index is 11.2. The van der Waals surface area contributed by atoms with Crippen LogP contribution in [0.25, 0.3) is 0 Å². The Bertz CT molecular complexity index is 328. The normalized spacial score (nSPS) is 22.6. The van der Waals surface area contributed by atoms with Crippen LogP contribution < -0.4 is 5.32 Å². The summed E-state index contributed by atoms with van der Waals surface area (Å²) < 4.78 is 22.5. The summed E-state index contributed by atoms with van der Waals surface area (Å²) in [5.74, 6) is 0.950. The van der Waals surface area contributed by atoms with Gasteiger partial charge in [0.2, 0.25) is 0 Å². The van der Waals surface area contributed by atoms with Gasteiger partial charge < -0.3 is 5.32 Å². The van der Waals surface area contributed by atoms with Crippen molar-refractivity contribution in [3.8, 4) is 0 Å². The second kappa shape index (κ2) is 7.46. The number of rotatable bonds is 7. The van der Waals surface area contributed by atoms with Gasteiger partial charge in [-0.05, 0) is 31.8 Å². The number of nitrogens with zero attached hydrogens (tertiary/aromatic N) is 1. The SMILES string of the molecule is CC(C)CNCC1CCCCN1CCS(C)(=O)=O. The Balaban J connectivity index is 2.37. The Kier molecular flexibility index (Phi) is 6.60. The lowest BCUT2D eigenvalue weighted by Gasteiger charge is -2.35. The van der Waals surface area contributed by atoms with Gasteiger partial charge in [-0.25, -0.2) is 8.42 Å². The molecule has 5 heteroatoms. The zero-order valence-electron chi connectivity index (χ0n) is 12.0. The van der Waals surface area contributed by atoms with E-state index < -0.39 is 9.84 Å². The quantitative estimate of drug-likeness (QED) is 0.757. The lowest BCUT2D eigenvalue weighted by Crippen LogP contribution is -2.47. The average molecular weight is 276 g/mol. The minimum Gasteiger partial charge on any atom is -0.315 e. The van der Waals surface area contributed by atoms with Crippen molar-refractivity contribution in [2.75, 3.05) is 38.2 Å². The Morgan fingerprint density at radius 2 is 2.06 bits per heavy atom. The van der Waals surface area contributed by atoms with Crippen molar-refractivity contribution < 1.29 is 8.42 Å². The molecular formula is C13H28N2O2S. The molecule has 0 saturated carbocycles. The van der Waals surface area contributed by atoms with Gasteiger partial charge in [-0.2, -0.15) is 0 Å². The summed E-state index contributed by atoms with van der Waals surface area (Å²) in [6.45, 7) is 8.17. The summed E-state index contributed by atoms with van der Waals surface area (Å²) >= 11 is 0. The van der Waals surface area contributed by atoms with Crippen LogP contribution in [0, 0.1) is 5.92 Å². The molecule has 4 nitrogen and oxygen atoms in total. The molecule has 0 amide bonds. The topological polar surface area (TPSA) is 49.4 Å². The number of likely N-dealkylation sites (tertiary alicyclic amines) is 1. The van der Waals surface area contributed by atoms with E-state index in [1.165, 1.54) is 25.5 Å². The van der Waals surface area contributed by atoms with Gasteiger partial charge in [-0.1, -0.05) is 20.3 Å². The molecule has 1 N–H and O–H groups in total. The van der Waals surface area contributed by atoms with Crippen molar-refractivity contribution in [1.82, 2.24) is 10.2 Å². The van der Waals surface area contributed by atoms with E-state index >= 15 is 0 Å². The highest BCUT2D eigenvalue weighted by molar-refractivity contribution is 7.90. The number of sulfone groups is 1. The fourth-order valence-corrected chi connectivity index (χ4v) is 2.97. The number of nitrogens with one attached hydrogen (secondary N) is 1. The van der Waals surface area contributed by atoms with Crippen LogP contribution in [0.2, 0.25) is 0 Å². The first-order valence-corrected chi connectivity index (χ1v) is 9.07. The first-order chi connectivity index (χ1) is 8.38. The van der Waals surface area contributed by atoms with Gasteiger partial charge in [0, 0.05) is 25.4 Å². The summed E-state index contributed by atoms with van der Waals surface area (Å²) in [6, 6.07) is 0.513. The number of hydrogen-bond acceptors (Lipinski definition) is 4. The predicted molar refractivity (Wildman–Crippen MR) is 76.6 cm³/mol. The van der Waals surface area contributed by atoms with Crippen LogP contribution in [0.3, 0.4) is 0 Å². The van der Waals surface area contributed by atoms with E-state index in [1.54, 1.807) is 0 Å². The minimum absolute atomic E-state index is 0.285. The van der Waals surface area contributed by atoms with E-state index in [0.29, 0.717) is 18.5 Å². The van der Waals surface area contributed by atoms with Gasteiger partial charge in [0.15, 0.2) is 0 Å². The van der Waals surface area contributed by atoms with Crippen molar-refractivity contribution in [2.24, 2.45) is 5.92 Å². The highest BCUT2D eigenvalue weighted by Gasteiger charge is 2.22. The van der Waals surface area contributed by atoms with Gasteiger partial charge in [-0.3, -0.25) is 4.90 Å². The predicted octanol–water partition coefficient (Wildman–Crippen LogP) is 1.13. The van der Waals surface area contributed by atoms with Crippen molar-refractivity contribution in [3.63, 3.8) is 0 Å². The van der Waals surface area contributed by atoms with Gasteiger partial charge in [-0.15, -0.1) is 0 Å². The molecular weight excluding hydrogens is 248 g/mol. The molecule has 0 bridgehead atoms. The summed E-state index contributed by atoms with van der Waals surface area (Å²) in [6.07, 6.45) is 4.98. The van der Waals surface area contributed by atoms with Crippen LogP contribution in [0.5, 0.6) is 0 Å². The summed E-state index contributed by atoms with van der Waals surface area (Å²) in [7, 11) is -2.84. The Morgan fingerprint density at radius 1 is 1.33 bits per heavy atom. The van der Waals surface area contributed by atoms with Crippen molar-refractivity contribution in [1.29, 1.82) is 0 Å². The number of piperidine rings is 1. The second-order valence-corrected chi connectivity index (χ2v) is 8.13. The van der Waals surface area contributed by atoms with Gasteiger partial charge in [0.05, 0.1) is 5.75 Å². The molecule has 1 fully saturated rings. The largest absolute Gasteiger partial charge is 0.315 e. The van der Waals surface area contributed by atoms with E-state index in [2.05, 4.69) is 24.1 Å². The standard InChI is InChI=1S/C13H28N2O2S/c1-12(2)10-14-11-13-6-4-5-7-15(13)8-9-18(3,16)17/h12-14H,4-11H2,1-3H3. The van der Waals surface area contributed by atoms with Gasteiger partial charge >= 0.3 is 0 Å². The molecule has 1 heterocycles. The van der Waals surface area contributed by atoms with E-state index in [-0.39, 0.29) is 5.75 Å². The van der Waals surface area contributed by atoms with E-state index in [9.17, 15) is 8.42 Å². The third-order valence-electron chi connectivity index (χ3n) is 3.43. The van der Waals surface area contributed by atoms with Gasteiger partial charge in [0.25, 0.3) is 0 Å². The molecule has 1 atom stereocenters. The first-order valence-electron chi connectivity index (χ1n) is 7.01. The van der Waals surface area contributed by atoms with E-state index in [4.69, 9.17) is 0 Å². The van der Waals surface area contributed by atoms with Crippen LogP contribution in [-0.2, 0) is 9.84 Å². The zero-order valence-corrected chi connectivity index (χ0v) is 12.8. The zero-order chi connectivity index (χ0) is 13.6. The maximum Gasteiger partial charge on any atom is 0.148 e. The van der Waals surface area contributed by atoms with Crippen molar-refractivity contribution in [3.05, 3.63) is 0 Å². The minimum atomic E-state index is -2.84. The molecule has 0 aromatic heterocycles. The summed E-state index contributed by atoms with van der Waals surface area (Å²) in [5, 5.41) is 3.49. The molecule has 0 aromatic carbocycles. The van der Waals surface area contributed by atoms with E-state index in [1.807, 2.05) is 0 Å². The molecule has 108 valence electrons. The second-order valence-electron chi connectivity index (χ2n) is 5.87. The molecule has 1 aliphatic heterocycles. The fourth-order valence-electron chi connectivity index (χ4n) is 2.41. The molecule has 0 aliphatic carbocycles. The molecule has 18 heavy (non-hydrogen) atoms. The fraction of sp³-hybridized carbons (Fsp3) is 1.00. The molecule has 0 radical (unpaired) electrons. The number of hydrogen-bond donors (Lipinski definition) is 1. The molecule has 1 unspecified atom stereocenters. The van der Waals surface area contributed by atoms with Crippen LogP contribution in [0.1, 0.15) is 33.1 Å². The van der Waals surface area contributed by atoms with Crippen LogP contribution in [0.4, 0.5) is 0 Å². The molecule has 0 spiro atoms. The van der Waals surface area contributed by atoms with Gasteiger partial charge in [0.1, 0.15) is 9.84 Å². The lowest BCUT2D eigenvalue weighted by atomic mass is 10.0. The lowest BCUT2D eigenvalue weighted by molar-refractivity contribution is 0.153. The maximum atomic E-state index is 11.2. The smallest absolute Gasteiger partial charge is 0.148 e. The Labute approximate surface area is 112 Å². The highest BCUT2D eigenvalue weighted by Crippen LogP contribution is 2.16. The Morgan fingerprint density at radius 3 is 2.67 bits per heavy atom. The average Bonchev–Trinajstić information content (AvgIpc) is 2.26. The third-order valence-corrected chi connectivity index (χ3v) is 4.36. The Hall–Kier alpha value is -0.130. The molecule has 1 saturated heterocycles. The van der Waals surface area contributed by atoms with Crippen molar-refractivity contribution in [2.45, 2.75) is 39.2 Å². The molecule has 1 aliphatic rings. The summed E-state index contributed by atoms with van der Waals surface area (Å²) in [4.78, 5) is 2.35. The monoisotopic (exact) mass is 276 g/mol. The summed E-state index contributed by atoms with van der Waals surface area (Å²) in [5.41, 5.74) is 0. The van der Waals surface area contributed by atoms with Crippen molar-refractivity contribution >= 4 is 9.84 Å². The first kappa shape index (κ1) is 15.9. The molecule has 1 rings (SSSR count). The van der Waals surface area contributed by atoms with Crippen LogP contribution in [-0.4, -0.2) is 57.5 Å².